The molecule has 27 heavy (non-hydrogen) atoms. The van der Waals surface area contributed by atoms with Crippen LogP contribution in [0.4, 0.5) is 5.82 Å². The predicted molar refractivity (Wildman–Crippen MR) is 106 cm³/mol. The number of fused-ring (bicyclic) bond motifs is 1. The highest BCUT2D eigenvalue weighted by atomic mass is 16.3. The Morgan fingerprint density at radius 1 is 0.926 bits per heavy atom. The van der Waals surface area contributed by atoms with Crippen LogP contribution < -0.4 is 5.32 Å². The second-order valence-corrected chi connectivity index (χ2v) is 6.49. The van der Waals surface area contributed by atoms with Crippen molar-refractivity contribution in [3.05, 3.63) is 78.8 Å². The highest BCUT2D eigenvalue weighted by Gasteiger charge is 2.13. The number of anilines is 1. The van der Waals surface area contributed by atoms with Crippen LogP contribution >= 0.6 is 0 Å². The topological polar surface area (TPSA) is 71.2 Å². The molecular formula is C22H21N3O2. The average molecular weight is 359 g/mol. The van der Waals surface area contributed by atoms with Crippen molar-refractivity contribution in [1.82, 2.24) is 9.97 Å². The summed E-state index contributed by atoms with van der Waals surface area (Å²) >= 11 is 0. The monoisotopic (exact) mass is 359 g/mol. The van der Waals surface area contributed by atoms with Gasteiger partial charge in [0.2, 0.25) is 0 Å². The summed E-state index contributed by atoms with van der Waals surface area (Å²) in [4.78, 5) is 9.45. The molecule has 0 unspecified atom stereocenters. The lowest BCUT2D eigenvalue weighted by Crippen LogP contribution is -2.21. The minimum absolute atomic E-state index is 0.0325. The first kappa shape index (κ1) is 17.2. The molecule has 2 aromatic carbocycles. The summed E-state index contributed by atoms with van der Waals surface area (Å²) in [5.74, 6) is 2.36. The number of hydrogen-bond acceptors (Lipinski definition) is 5. The third kappa shape index (κ3) is 3.99. The zero-order chi connectivity index (χ0) is 18.5. The molecule has 0 bridgehead atoms. The van der Waals surface area contributed by atoms with Crippen molar-refractivity contribution in [3.8, 4) is 11.4 Å². The average Bonchev–Trinajstić information content (AvgIpc) is 3.24. The summed E-state index contributed by atoms with van der Waals surface area (Å²) < 4.78 is 5.40. The van der Waals surface area contributed by atoms with Crippen LogP contribution in [0.1, 0.15) is 5.76 Å². The molecule has 5 heteroatoms. The smallest absolute Gasteiger partial charge is 0.162 e. The Morgan fingerprint density at radius 2 is 1.74 bits per heavy atom. The zero-order valence-corrected chi connectivity index (χ0v) is 14.9. The second kappa shape index (κ2) is 8.01. The Balaban J connectivity index is 1.61. The Hall–Kier alpha value is -3.18. The number of nitrogens with one attached hydrogen (secondary N) is 1. The summed E-state index contributed by atoms with van der Waals surface area (Å²) in [6.07, 6.45) is 2.33. The van der Waals surface area contributed by atoms with E-state index in [1.807, 2.05) is 66.7 Å². The van der Waals surface area contributed by atoms with Crippen molar-refractivity contribution in [1.29, 1.82) is 0 Å². The van der Waals surface area contributed by atoms with Crippen molar-refractivity contribution in [2.24, 2.45) is 5.92 Å². The van der Waals surface area contributed by atoms with E-state index >= 15 is 0 Å². The van der Waals surface area contributed by atoms with Crippen LogP contribution in [0.5, 0.6) is 0 Å². The number of para-hydroxylation sites is 1. The fourth-order valence-electron chi connectivity index (χ4n) is 3.08. The molecule has 4 aromatic rings. The third-order valence-electron chi connectivity index (χ3n) is 4.52. The van der Waals surface area contributed by atoms with Gasteiger partial charge in [0.25, 0.3) is 0 Å². The van der Waals surface area contributed by atoms with E-state index in [1.165, 1.54) is 0 Å². The molecule has 0 saturated carbocycles. The lowest BCUT2D eigenvalue weighted by molar-refractivity contribution is 0.226. The quantitative estimate of drug-likeness (QED) is 0.519. The number of furan rings is 1. The Bertz CT molecular complexity index is 1000. The molecule has 0 fully saturated rings. The van der Waals surface area contributed by atoms with E-state index in [-0.39, 0.29) is 12.5 Å². The van der Waals surface area contributed by atoms with Gasteiger partial charge in [-0.15, -0.1) is 0 Å². The van der Waals surface area contributed by atoms with Gasteiger partial charge in [0.05, 0.1) is 11.8 Å². The van der Waals surface area contributed by atoms with Crippen LogP contribution in [0.2, 0.25) is 0 Å². The molecule has 0 radical (unpaired) electrons. The molecule has 1 atom stereocenters. The molecule has 0 amide bonds. The number of aliphatic hydroxyl groups is 1. The first-order valence-electron chi connectivity index (χ1n) is 9.03. The van der Waals surface area contributed by atoms with Gasteiger partial charge in [-0.25, -0.2) is 9.97 Å². The van der Waals surface area contributed by atoms with Crippen LogP contribution in [-0.4, -0.2) is 28.2 Å². The third-order valence-corrected chi connectivity index (χ3v) is 4.52. The first-order valence-corrected chi connectivity index (χ1v) is 9.03. The summed E-state index contributed by atoms with van der Waals surface area (Å²) in [5.41, 5.74) is 1.86. The van der Waals surface area contributed by atoms with Crippen LogP contribution in [0.15, 0.2) is 77.4 Å². The lowest BCUT2D eigenvalue weighted by Gasteiger charge is -2.16. The van der Waals surface area contributed by atoms with E-state index < -0.39 is 0 Å². The van der Waals surface area contributed by atoms with Gasteiger partial charge in [0, 0.05) is 36.4 Å². The maximum atomic E-state index is 9.73. The second-order valence-electron chi connectivity index (χ2n) is 6.49. The molecule has 136 valence electrons. The van der Waals surface area contributed by atoms with E-state index in [9.17, 15) is 5.11 Å². The number of aromatic nitrogens is 2. The van der Waals surface area contributed by atoms with Crippen LogP contribution in [0.25, 0.3) is 22.3 Å². The van der Waals surface area contributed by atoms with Crippen molar-refractivity contribution >= 4 is 16.7 Å². The van der Waals surface area contributed by atoms with E-state index in [1.54, 1.807) is 6.26 Å². The molecule has 0 saturated heterocycles. The number of nitrogens with zero attached hydrogens (tertiary/aromatic N) is 2. The van der Waals surface area contributed by atoms with Crippen molar-refractivity contribution in [2.75, 3.05) is 18.5 Å². The maximum absolute atomic E-state index is 9.73. The Morgan fingerprint density at radius 3 is 2.52 bits per heavy atom. The summed E-state index contributed by atoms with van der Waals surface area (Å²) in [7, 11) is 0. The number of benzene rings is 2. The van der Waals surface area contributed by atoms with E-state index in [0.29, 0.717) is 18.8 Å². The van der Waals surface area contributed by atoms with Gasteiger partial charge in [-0.1, -0.05) is 42.5 Å². The van der Waals surface area contributed by atoms with Crippen LogP contribution in [0, 0.1) is 5.92 Å². The fraction of sp³-hybridized carbons (Fsp3) is 0.182. The van der Waals surface area contributed by atoms with Crippen molar-refractivity contribution in [2.45, 2.75) is 6.42 Å². The van der Waals surface area contributed by atoms with Crippen LogP contribution in [-0.2, 0) is 6.42 Å². The van der Waals surface area contributed by atoms with Crippen LogP contribution in [0.3, 0.4) is 0 Å². The zero-order valence-electron chi connectivity index (χ0n) is 14.9. The van der Waals surface area contributed by atoms with Gasteiger partial charge in [-0.3, -0.25) is 0 Å². The molecule has 0 aliphatic heterocycles. The number of hydrogen-bond donors (Lipinski definition) is 2. The minimum Gasteiger partial charge on any atom is -0.469 e. The van der Waals surface area contributed by atoms with Gasteiger partial charge >= 0.3 is 0 Å². The van der Waals surface area contributed by atoms with E-state index in [4.69, 9.17) is 14.4 Å². The largest absolute Gasteiger partial charge is 0.469 e. The van der Waals surface area contributed by atoms with Gasteiger partial charge in [-0.05, 0) is 24.3 Å². The van der Waals surface area contributed by atoms with E-state index in [0.717, 1.165) is 28.0 Å². The van der Waals surface area contributed by atoms with Gasteiger partial charge < -0.3 is 14.8 Å². The highest BCUT2D eigenvalue weighted by molar-refractivity contribution is 5.90. The summed E-state index contributed by atoms with van der Waals surface area (Å²) in [6, 6.07) is 21.7. The lowest BCUT2D eigenvalue weighted by atomic mass is 10.0. The van der Waals surface area contributed by atoms with Gasteiger partial charge in [-0.2, -0.15) is 0 Å². The minimum atomic E-state index is 0.0325. The molecule has 2 heterocycles. The molecule has 0 aliphatic carbocycles. The van der Waals surface area contributed by atoms with Gasteiger partial charge in [0.15, 0.2) is 5.82 Å². The number of rotatable bonds is 7. The van der Waals surface area contributed by atoms with Crippen molar-refractivity contribution in [3.63, 3.8) is 0 Å². The SMILES string of the molecule is OC[C@H](CNc1nc(-c2ccccc2)nc2ccccc12)Cc1ccco1. The Labute approximate surface area is 157 Å². The normalized spacial score (nSPS) is 12.2. The van der Waals surface area contributed by atoms with Gasteiger partial charge in [0.1, 0.15) is 11.6 Å². The molecule has 0 aliphatic rings. The van der Waals surface area contributed by atoms with E-state index in [2.05, 4.69) is 5.32 Å². The molecule has 5 nitrogen and oxygen atoms in total. The highest BCUT2D eigenvalue weighted by Crippen LogP contribution is 2.25. The summed E-state index contributed by atoms with van der Waals surface area (Å²) in [6.45, 7) is 0.661. The molecular weight excluding hydrogens is 338 g/mol. The number of aliphatic hydroxyl groups excluding tert-OH is 1. The fourth-order valence-corrected chi connectivity index (χ4v) is 3.08. The summed E-state index contributed by atoms with van der Waals surface area (Å²) in [5, 5.41) is 14.1. The molecule has 0 spiro atoms. The molecule has 2 aromatic heterocycles. The molecule has 4 rings (SSSR count). The standard InChI is InChI=1S/C22H21N3O2/c26-15-16(13-18-9-6-12-27-18)14-23-22-19-10-4-5-11-20(19)24-21(25-22)17-7-2-1-3-8-17/h1-12,16,26H,13-15H2,(H,23,24,25)/t16-/m0/s1. The van der Waals surface area contributed by atoms with Crippen molar-refractivity contribution < 1.29 is 9.52 Å². The predicted octanol–water partition coefficient (Wildman–Crippen LogP) is 4.15. The maximum Gasteiger partial charge on any atom is 0.162 e. The first-order chi connectivity index (χ1) is 13.3. The Kier molecular flexibility index (Phi) is 5.12. The molecule has 2 N–H and O–H groups in total.